The van der Waals surface area contributed by atoms with Crippen molar-refractivity contribution in [3.63, 3.8) is 0 Å². The highest BCUT2D eigenvalue weighted by Crippen LogP contribution is 2.24. The lowest BCUT2D eigenvalue weighted by molar-refractivity contribution is -0.136. The molecule has 0 spiro atoms. The second-order valence-corrected chi connectivity index (χ2v) is 8.81. The van der Waals surface area contributed by atoms with Gasteiger partial charge < -0.3 is 20.4 Å². The van der Waals surface area contributed by atoms with Gasteiger partial charge in [0.25, 0.3) is 5.91 Å². The zero-order chi connectivity index (χ0) is 19.9. The van der Waals surface area contributed by atoms with Gasteiger partial charge in [0.15, 0.2) is 5.11 Å². The number of hydrogen-bond acceptors (Lipinski definition) is 4. The summed E-state index contributed by atoms with van der Waals surface area (Å²) in [6.45, 7) is 6.07. The molecular weight excluding hydrogens is 392 g/mol. The van der Waals surface area contributed by atoms with Gasteiger partial charge in [0.1, 0.15) is 6.04 Å². The number of thiophene rings is 1. The highest BCUT2D eigenvalue weighted by molar-refractivity contribution is 7.80. The fourth-order valence-corrected chi connectivity index (χ4v) is 4.97. The number of nitrogens with one attached hydrogen (secondary N) is 2. The number of carbonyl (C=O) groups excluding carboxylic acids is 2. The molecule has 3 heterocycles. The van der Waals surface area contributed by atoms with Crippen LogP contribution in [0, 0.1) is 5.92 Å². The highest BCUT2D eigenvalue weighted by atomic mass is 32.1. The summed E-state index contributed by atoms with van der Waals surface area (Å²) in [6.07, 6.45) is 4.97. The monoisotopic (exact) mass is 422 g/mol. The lowest BCUT2D eigenvalue weighted by Gasteiger charge is -2.39. The molecule has 1 atom stereocenters. The molecular formula is C20H30N4O2S2. The van der Waals surface area contributed by atoms with Crippen LogP contribution >= 0.6 is 23.6 Å². The third-order valence-electron chi connectivity index (χ3n) is 5.59. The maximum absolute atomic E-state index is 13.3. The van der Waals surface area contributed by atoms with Crippen molar-refractivity contribution in [1.82, 2.24) is 20.4 Å². The average molecular weight is 423 g/mol. The van der Waals surface area contributed by atoms with Crippen LogP contribution in [0.3, 0.4) is 0 Å². The van der Waals surface area contributed by atoms with Gasteiger partial charge in [-0.15, -0.1) is 11.3 Å². The molecule has 1 unspecified atom stereocenters. The SMILES string of the molecule is CCNC(=S)N1CCC(C(NC(=O)c2cccs2)C(=O)N2CCCCC2)CC1. The number of nitrogens with zero attached hydrogens (tertiary/aromatic N) is 2. The normalized spacial score (nSPS) is 19.2. The zero-order valence-corrected chi connectivity index (χ0v) is 18.1. The van der Waals surface area contributed by atoms with Crippen molar-refractivity contribution in [1.29, 1.82) is 0 Å². The Labute approximate surface area is 176 Å². The minimum atomic E-state index is -0.456. The standard InChI is InChI=1S/C20H30N4O2S2/c1-2-21-20(27)24-12-8-15(9-13-24)17(19(26)23-10-4-3-5-11-23)22-18(25)16-7-6-14-28-16/h6-7,14-15,17H,2-5,8-13H2,1H3,(H,21,27)(H,22,25). The molecule has 154 valence electrons. The Bertz CT molecular complexity index is 666. The van der Waals surface area contributed by atoms with E-state index in [0.29, 0.717) is 4.88 Å². The first-order valence-corrected chi connectivity index (χ1v) is 11.5. The summed E-state index contributed by atoms with van der Waals surface area (Å²) in [5.74, 6) is 0.0762. The molecule has 2 N–H and O–H groups in total. The molecule has 0 bridgehead atoms. The Hall–Kier alpha value is -1.67. The van der Waals surface area contributed by atoms with Crippen LogP contribution in [0.25, 0.3) is 0 Å². The number of likely N-dealkylation sites (tertiary alicyclic amines) is 2. The third kappa shape index (κ3) is 5.23. The van der Waals surface area contributed by atoms with Gasteiger partial charge in [-0.3, -0.25) is 9.59 Å². The van der Waals surface area contributed by atoms with Crippen LogP contribution in [0.1, 0.15) is 48.7 Å². The van der Waals surface area contributed by atoms with Crippen molar-refractivity contribution in [2.45, 2.75) is 45.1 Å². The predicted octanol–water partition coefficient (Wildman–Crippen LogP) is 2.47. The van der Waals surface area contributed by atoms with Crippen LogP contribution in [0.4, 0.5) is 0 Å². The molecule has 6 nitrogen and oxygen atoms in total. The quantitative estimate of drug-likeness (QED) is 0.714. The largest absolute Gasteiger partial charge is 0.363 e. The summed E-state index contributed by atoms with van der Waals surface area (Å²) in [5.41, 5.74) is 0. The lowest BCUT2D eigenvalue weighted by atomic mass is 9.88. The molecule has 3 rings (SSSR count). The molecule has 2 aliphatic rings. The van der Waals surface area contributed by atoms with Crippen LogP contribution in [0.5, 0.6) is 0 Å². The van der Waals surface area contributed by atoms with Gasteiger partial charge in [-0.1, -0.05) is 6.07 Å². The highest BCUT2D eigenvalue weighted by Gasteiger charge is 2.36. The van der Waals surface area contributed by atoms with Crippen molar-refractivity contribution in [3.05, 3.63) is 22.4 Å². The molecule has 28 heavy (non-hydrogen) atoms. The van der Waals surface area contributed by atoms with Crippen LogP contribution < -0.4 is 10.6 Å². The third-order valence-corrected chi connectivity index (χ3v) is 6.86. The Morgan fingerprint density at radius 2 is 1.89 bits per heavy atom. The minimum absolute atomic E-state index is 0.0808. The lowest BCUT2D eigenvalue weighted by Crippen LogP contribution is -2.56. The molecule has 2 amide bonds. The van der Waals surface area contributed by atoms with E-state index in [0.717, 1.165) is 63.5 Å². The van der Waals surface area contributed by atoms with Gasteiger partial charge in [0.05, 0.1) is 4.88 Å². The first kappa shape index (κ1) is 21.0. The molecule has 0 aromatic carbocycles. The summed E-state index contributed by atoms with van der Waals surface area (Å²) >= 11 is 6.83. The number of thiocarbonyl (C=S) groups is 1. The molecule has 0 saturated carbocycles. The number of amides is 2. The summed E-state index contributed by atoms with van der Waals surface area (Å²) in [6, 6.07) is 3.21. The first-order chi connectivity index (χ1) is 13.6. The molecule has 0 radical (unpaired) electrons. The van der Waals surface area contributed by atoms with Gasteiger partial charge in [0, 0.05) is 32.7 Å². The van der Waals surface area contributed by atoms with Gasteiger partial charge in [-0.2, -0.15) is 0 Å². The Kier molecular flexibility index (Phi) is 7.67. The van der Waals surface area contributed by atoms with E-state index >= 15 is 0 Å². The van der Waals surface area contributed by atoms with Crippen molar-refractivity contribution >= 4 is 40.5 Å². The Balaban J connectivity index is 1.68. The Morgan fingerprint density at radius 1 is 1.18 bits per heavy atom. The van der Waals surface area contributed by atoms with E-state index in [4.69, 9.17) is 12.2 Å². The van der Waals surface area contributed by atoms with E-state index in [1.165, 1.54) is 17.8 Å². The molecule has 8 heteroatoms. The number of piperidine rings is 2. The van der Waals surface area contributed by atoms with E-state index < -0.39 is 6.04 Å². The molecule has 1 aromatic rings. The van der Waals surface area contributed by atoms with E-state index in [-0.39, 0.29) is 17.7 Å². The van der Waals surface area contributed by atoms with Crippen LogP contribution in [-0.2, 0) is 4.79 Å². The summed E-state index contributed by atoms with van der Waals surface area (Å²) in [5, 5.41) is 8.93. The van der Waals surface area contributed by atoms with E-state index in [9.17, 15) is 9.59 Å². The van der Waals surface area contributed by atoms with Crippen molar-refractivity contribution in [3.8, 4) is 0 Å². The van der Waals surface area contributed by atoms with Crippen LogP contribution in [0.15, 0.2) is 17.5 Å². The van der Waals surface area contributed by atoms with Gasteiger partial charge in [0.2, 0.25) is 5.91 Å². The molecule has 2 fully saturated rings. The van der Waals surface area contributed by atoms with E-state index in [1.54, 1.807) is 6.07 Å². The fourth-order valence-electron chi connectivity index (χ4n) is 4.01. The molecule has 0 aliphatic carbocycles. The second kappa shape index (κ2) is 10.2. The average Bonchev–Trinajstić information content (AvgIpc) is 3.27. The molecule has 1 aromatic heterocycles. The first-order valence-electron chi connectivity index (χ1n) is 10.3. The van der Waals surface area contributed by atoms with Crippen molar-refractivity contribution in [2.75, 3.05) is 32.7 Å². The summed E-state index contributed by atoms with van der Waals surface area (Å²) in [7, 11) is 0. The Morgan fingerprint density at radius 3 is 2.50 bits per heavy atom. The number of hydrogen-bond donors (Lipinski definition) is 2. The summed E-state index contributed by atoms with van der Waals surface area (Å²) < 4.78 is 0. The fraction of sp³-hybridized carbons (Fsp3) is 0.650. The molecule has 2 aliphatic heterocycles. The van der Waals surface area contributed by atoms with Crippen LogP contribution in [0.2, 0.25) is 0 Å². The van der Waals surface area contributed by atoms with E-state index in [1.807, 2.05) is 23.3 Å². The second-order valence-electron chi connectivity index (χ2n) is 7.47. The van der Waals surface area contributed by atoms with Gasteiger partial charge in [-0.25, -0.2) is 0 Å². The van der Waals surface area contributed by atoms with Gasteiger partial charge >= 0.3 is 0 Å². The predicted molar refractivity (Wildman–Crippen MR) is 117 cm³/mol. The maximum atomic E-state index is 13.3. The zero-order valence-electron chi connectivity index (χ0n) is 16.5. The topological polar surface area (TPSA) is 64.7 Å². The maximum Gasteiger partial charge on any atom is 0.262 e. The number of rotatable bonds is 5. The smallest absolute Gasteiger partial charge is 0.262 e. The van der Waals surface area contributed by atoms with E-state index in [2.05, 4.69) is 15.5 Å². The summed E-state index contributed by atoms with van der Waals surface area (Å²) in [4.78, 5) is 30.7. The minimum Gasteiger partial charge on any atom is -0.363 e. The van der Waals surface area contributed by atoms with Crippen molar-refractivity contribution in [2.24, 2.45) is 5.92 Å². The molecule has 2 saturated heterocycles. The van der Waals surface area contributed by atoms with Gasteiger partial charge in [-0.05, 0) is 68.6 Å². The number of carbonyl (C=O) groups is 2. The van der Waals surface area contributed by atoms with Crippen molar-refractivity contribution < 1.29 is 9.59 Å². The van der Waals surface area contributed by atoms with Crippen LogP contribution in [-0.4, -0.2) is 65.5 Å².